The summed E-state index contributed by atoms with van der Waals surface area (Å²) in [5.74, 6) is -3.15. The molecule has 0 heterocycles. The molecule has 0 aromatic heterocycles. The van der Waals surface area contributed by atoms with E-state index in [4.69, 9.17) is 10.5 Å². The molecule has 4 nitrogen and oxygen atoms in total. The predicted molar refractivity (Wildman–Crippen MR) is 52.2 cm³/mol. The summed E-state index contributed by atoms with van der Waals surface area (Å²) in [5, 5.41) is 0. The number of esters is 1. The third-order valence-electron chi connectivity index (χ3n) is 1.79. The van der Waals surface area contributed by atoms with Gasteiger partial charge in [-0.25, -0.2) is 13.6 Å². The molecule has 0 bridgehead atoms. The van der Waals surface area contributed by atoms with Gasteiger partial charge >= 0.3 is 5.97 Å². The highest BCUT2D eigenvalue weighted by atomic mass is 19.1. The topological polar surface area (TPSA) is 61.5 Å². The van der Waals surface area contributed by atoms with Gasteiger partial charge in [-0.2, -0.15) is 0 Å². The molecule has 0 saturated heterocycles. The number of hydrogen-bond donors (Lipinski definition) is 1. The van der Waals surface area contributed by atoms with Crippen LogP contribution in [0.2, 0.25) is 0 Å². The standard InChI is InChI=1S/C10H11F2NO3/c1-15-10(14)9-7(11)4-6(5-8(9)12)16-3-2-13/h4-5H,2-3,13H2,1H3. The lowest BCUT2D eigenvalue weighted by molar-refractivity contribution is 0.0589. The predicted octanol–water partition coefficient (Wildman–Crippen LogP) is 1.09. The summed E-state index contributed by atoms with van der Waals surface area (Å²) in [6.07, 6.45) is 0. The van der Waals surface area contributed by atoms with Crippen molar-refractivity contribution in [1.82, 2.24) is 0 Å². The van der Waals surface area contributed by atoms with Gasteiger partial charge in [-0.1, -0.05) is 0 Å². The van der Waals surface area contributed by atoms with E-state index in [9.17, 15) is 13.6 Å². The van der Waals surface area contributed by atoms with Crippen molar-refractivity contribution in [2.24, 2.45) is 5.73 Å². The monoisotopic (exact) mass is 231 g/mol. The average Bonchev–Trinajstić information content (AvgIpc) is 2.25. The smallest absolute Gasteiger partial charge is 0.343 e. The van der Waals surface area contributed by atoms with Crippen LogP contribution in [0.15, 0.2) is 12.1 Å². The van der Waals surface area contributed by atoms with E-state index >= 15 is 0 Å². The zero-order valence-electron chi connectivity index (χ0n) is 8.63. The molecule has 0 unspecified atom stereocenters. The molecule has 0 saturated carbocycles. The molecule has 0 aliphatic rings. The van der Waals surface area contributed by atoms with Gasteiger partial charge in [0.05, 0.1) is 7.11 Å². The fourth-order valence-electron chi connectivity index (χ4n) is 1.11. The Balaban J connectivity index is 3.02. The molecule has 0 aliphatic heterocycles. The second kappa shape index (κ2) is 5.41. The molecule has 2 N–H and O–H groups in total. The third kappa shape index (κ3) is 2.66. The molecule has 1 rings (SSSR count). The Labute approximate surface area is 91.0 Å². The van der Waals surface area contributed by atoms with E-state index in [2.05, 4.69) is 4.74 Å². The second-order valence-electron chi connectivity index (χ2n) is 2.89. The Morgan fingerprint density at radius 2 is 1.94 bits per heavy atom. The molecule has 0 spiro atoms. The van der Waals surface area contributed by atoms with E-state index in [0.717, 1.165) is 19.2 Å². The van der Waals surface area contributed by atoms with Crippen LogP contribution >= 0.6 is 0 Å². The van der Waals surface area contributed by atoms with Crippen LogP contribution in [0.25, 0.3) is 0 Å². The van der Waals surface area contributed by atoms with Gasteiger partial charge in [0.1, 0.15) is 29.6 Å². The van der Waals surface area contributed by atoms with Gasteiger partial charge in [0.15, 0.2) is 0 Å². The van der Waals surface area contributed by atoms with Crippen molar-refractivity contribution in [3.05, 3.63) is 29.3 Å². The normalized spacial score (nSPS) is 10.0. The fourth-order valence-corrected chi connectivity index (χ4v) is 1.11. The number of halogens is 2. The summed E-state index contributed by atoms with van der Waals surface area (Å²) in [5.41, 5.74) is 4.43. The van der Waals surface area contributed by atoms with Crippen LogP contribution in [0, 0.1) is 11.6 Å². The highest BCUT2D eigenvalue weighted by Gasteiger charge is 2.19. The summed E-state index contributed by atoms with van der Waals surface area (Å²) in [4.78, 5) is 11.0. The van der Waals surface area contributed by atoms with Crippen LogP contribution in [0.4, 0.5) is 8.78 Å². The van der Waals surface area contributed by atoms with Crippen LogP contribution in [-0.4, -0.2) is 26.2 Å². The van der Waals surface area contributed by atoms with Crippen molar-refractivity contribution in [3.63, 3.8) is 0 Å². The Morgan fingerprint density at radius 1 is 1.38 bits per heavy atom. The van der Waals surface area contributed by atoms with Crippen molar-refractivity contribution in [1.29, 1.82) is 0 Å². The van der Waals surface area contributed by atoms with Crippen LogP contribution < -0.4 is 10.5 Å². The van der Waals surface area contributed by atoms with E-state index in [1.54, 1.807) is 0 Å². The van der Waals surface area contributed by atoms with Crippen molar-refractivity contribution < 1.29 is 23.0 Å². The van der Waals surface area contributed by atoms with Crippen molar-refractivity contribution in [2.45, 2.75) is 0 Å². The first-order chi connectivity index (χ1) is 7.60. The van der Waals surface area contributed by atoms with E-state index in [-0.39, 0.29) is 18.9 Å². The maximum absolute atomic E-state index is 13.3. The summed E-state index contributed by atoms with van der Waals surface area (Å²) < 4.78 is 35.8. The number of nitrogens with two attached hydrogens (primary N) is 1. The quantitative estimate of drug-likeness (QED) is 0.788. The van der Waals surface area contributed by atoms with Gasteiger partial charge in [-0.15, -0.1) is 0 Å². The van der Waals surface area contributed by atoms with E-state index in [0.29, 0.717) is 0 Å². The Morgan fingerprint density at radius 3 is 2.38 bits per heavy atom. The molecule has 88 valence electrons. The molecule has 1 aromatic rings. The number of benzene rings is 1. The largest absolute Gasteiger partial charge is 0.492 e. The Bertz CT molecular complexity index is 373. The maximum atomic E-state index is 13.3. The van der Waals surface area contributed by atoms with Gasteiger partial charge in [0, 0.05) is 18.7 Å². The van der Waals surface area contributed by atoms with E-state index in [1.807, 2.05) is 0 Å². The van der Waals surface area contributed by atoms with Gasteiger partial charge in [-0.05, 0) is 0 Å². The Kier molecular flexibility index (Phi) is 4.19. The molecule has 6 heteroatoms. The summed E-state index contributed by atoms with van der Waals surface area (Å²) in [6, 6.07) is 1.82. The maximum Gasteiger partial charge on any atom is 0.343 e. The molecular formula is C10H11F2NO3. The van der Waals surface area contributed by atoms with Gasteiger partial charge in [0.2, 0.25) is 0 Å². The molecule has 16 heavy (non-hydrogen) atoms. The minimum atomic E-state index is -1.07. The van der Waals surface area contributed by atoms with Crippen LogP contribution in [0.3, 0.4) is 0 Å². The zero-order valence-corrected chi connectivity index (χ0v) is 8.63. The molecular weight excluding hydrogens is 220 g/mol. The lowest BCUT2D eigenvalue weighted by Crippen LogP contribution is -2.12. The van der Waals surface area contributed by atoms with Gasteiger partial charge in [0.25, 0.3) is 0 Å². The summed E-state index contributed by atoms with van der Waals surface area (Å²) in [7, 11) is 1.04. The Hall–Kier alpha value is -1.69. The number of ether oxygens (including phenoxy) is 2. The van der Waals surface area contributed by atoms with Crippen LogP contribution in [0.1, 0.15) is 10.4 Å². The molecule has 0 aliphatic carbocycles. The lowest BCUT2D eigenvalue weighted by Gasteiger charge is -2.07. The van der Waals surface area contributed by atoms with Gasteiger partial charge < -0.3 is 15.2 Å². The first kappa shape index (κ1) is 12.4. The first-order valence-electron chi connectivity index (χ1n) is 4.50. The number of rotatable bonds is 4. The number of carbonyl (C=O) groups is 1. The summed E-state index contributed by atoms with van der Waals surface area (Å²) >= 11 is 0. The fraction of sp³-hybridized carbons (Fsp3) is 0.300. The average molecular weight is 231 g/mol. The lowest BCUT2D eigenvalue weighted by atomic mass is 10.2. The molecule has 1 aromatic carbocycles. The van der Waals surface area contributed by atoms with Crippen molar-refractivity contribution >= 4 is 5.97 Å². The number of carbonyl (C=O) groups excluding carboxylic acids is 1. The number of methoxy groups -OCH3 is 1. The van der Waals surface area contributed by atoms with E-state index in [1.165, 1.54) is 0 Å². The minimum absolute atomic E-state index is 0.0203. The molecule has 0 atom stereocenters. The molecule has 0 fully saturated rings. The first-order valence-corrected chi connectivity index (χ1v) is 4.50. The highest BCUT2D eigenvalue weighted by molar-refractivity contribution is 5.90. The van der Waals surface area contributed by atoms with Crippen LogP contribution in [-0.2, 0) is 4.74 Å². The van der Waals surface area contributed by atoms with Gasteiger partial charge in [-0.3, -0.25) is 0 Å². The third-order valence-corrected chi connectivity index (χ3v) is 1.79. The minimum Gasteiger partial charge on any atom is -0.492 e. The number of hydrogen-bond acceptors (Lipinski definition) is 4. The van der Waals surface area contributed by atoms with Crippen molar-refractivity contribution in [3.8, 4) is 5.75 Å². The summed E-state index contributed by atoms with van der Waals surface area (Å²) in [6.45, 7) is 0.360. The SMILES string of the molecule is COC(=O)c1c(F)cc(OCCN)cc1F. The zero-order chi connectivity index (χ0) is 12.1. The second-order valence-corrected chi connectivity index (χ2v) is 2.89. The van der Waals surface area contributed by atoms with E-state index < -0.39 is 23.2 Å². The highest BCUT2D eigenvalue weighted by Crippen LogP contribution is 2.21. The molecule has 0 radical (unpaired) electrons. The molecule has 0 amide bonds. The van der Waals surface area contributed by atoms with Crippen molar-refractivity contribution in [2.75, 3.05) is 20.3 Å². The van der Waals surface area contributed by atoms with Crippen LogP contribution in [0.5, 0.6) is 5.75 Å².